The summed E-state index contributed by atoms with van der Waals surface area (Å²) in [5.41, 5.74) is 0.898. The van der Waals surface area contributed by atoms with Crippen molar-refractivity contribution < 1.29 is 4.79 Å². The van der Waals surface area contributed by atoms with E-state index < -0.39 is 0 Å². The van der Waals surface area contributed by atoms with E-state index in [1.54, 1.807) is 0 Å². The molecule has 1 aromatic rings. The molecule has 0 bridgehead atoms. The Morgan fingerprint density at radius 3 is 2.52 bits per heavy atom. The molecule has 3 fully saturated rings. The van der Waals surface area contributed by atoms with E-state index in [1.165, 1.54) is 19.3 Å². The molecule has 3 aliphatic rings. The summed E-state index contributed by atoms with van der Waals surface area (Å²) in [5, 5.41) is 4.31. The molecule has 1 spiro atoms. The minimum Gasteiger partial charge on any atom is -0.321 e. The van der Waals surface area contributed by atoms with E-state index in [1.807, 2.05) is 24.3 Å². The van der Waals surface area contributed by atoms with Crippen molar-refractivity contribution in [2.24, 2.45) is 5.92 Å². The molecule has 4 rings (SSSR count). The van der Waals surface area contributed by atoms with E-state index in [0.29, 0.717) is 5.91 Å². The monoisotopic (exact) mass is 304 g/mol. The average Bonchev–Trinajstić information content (AvgIpc) is 3.15. The van der Waals surface area contributed by atoms with E-state index in [2.05, 4.69) is 10.2 Å². The van der Waals surface area contributed by atoms with Crippen LogP contribution in [-0.2, 0) is 4.79 Å². The summed E-state index contributed by atoms with van der Waals surface area (Å²) in [4.78, 5) is 14.8. The lowest BCUT2D eigenvalue weighted by Gasteiger charge is -2.30. The van der Waals surface area contributed by atoms with Gasteiger partial charge < -0.3 is 4.90 Å². The zero-order valence-electron chi connectivity index (χ0n) is 12.1. The number of carbonyl (C=O) groups is 1. The summed E-state index contributed by atoms with van der Waals surface area (Å²) >= 11 is 5.98. The number of benzene rings is 1. The van der Waals surface area contributed by atoms with Gasteiger partial charge in [0.2, 0.25) is 5.91 Å². The molecule has 1 aliphatic heterocycles. The molecule has 1 N–H and O–H groups in total. The first kappa shape index (κ1) is 13.6. The molecule has 1 atom stereocenters. The number of rotatable bonds is 4. The fourth-order valence-electron chi connectivity index (χ4n) is 3.52. The molecule has 1 heterocycles. The Kier molecular flexibility index (Phi) is 3.23. The maximum Gasteiger partial charge on any atom is 0.244 e. The smallest absolute Gasteiger partial charge is 0.244 e. The van der Waals surface area contributed by atoms with E-state index in [4.69, 9.17) is 11.6 Å². The minimum absolute atomic E-state index is 0.0253. The molecule has 1 saturated heterocycles. The predicted octanol–water partition coefficient (Wildman–Crippen LogP) is 3.49. The second-order valence-electron chi connectivity index (χ2n) is 6.76. The normalized spacial score (nSPS) is 27.2. The van der Waals surface area contributed by atoms with Crippen molar-refractivity contribution in [2.75, 3.05) is 6.54 Å². The van der Waals surface area contributed by atoms with Gasteiger partial charge in [-0.05, 0) is 42.9 Å². The highest BCUT2D eigenvalue weighted by atomic mass is 35.5. The van der Waals surface area contributed by atoms with Crippen molar-refractivity contribution in [2.45, 2.75) is 50.2 Å². The van der Waals surface area contributed by atoms with Crippen LogP contribution in [0.1, 0.15) is 50.3 Å². The Morgan fingerprint density at radius 2 is 1.95 bits per heavy atom. The van der Waals surface area contributed by atoms with Gasteiger partial charge in [0.25, 0.3) is 0 Å². The minimum atomic E-state index is -0.246. The van der Waals surface area contributed by atoms with Crippen LogP contribution in [0.4, 0.5) is 0 Å². The second kappa shape index (κ2) is 4.99. The molecule has 1 amide bonds. The lowest BCUT2D eigenvalue weighted by atomic mass is 9.83. The standard InChI is InChI=1S/C17H21ClN2O/c18-14-6-4-13(5-7-14)15-19-17(9-10-17)16(21)20(15)11-8-12-2-1-3-12/h4-7,12,15,19H,1-3,8-11H2. The summed E-state index contributed by atoms with van der Waals surface area (Å²) in [5.74, 6) is 1.14. The second-order valence-corrected chi connectivity index (χ2v) is 7.20. The van der Waals surface area contributed by atoms with Crippen LogP contribution in [0.2, 0.25) is 5.02 Å². The number of hydrogen-bond acceptors (Lipinski definition) is 2. The van der Waals surface area contributed by atoms with Crippen molar-refractivity contribution in [1.82, 2.24) is 10.2 Å². The van der Waals surface area contributed by atoms with E-state index in [0.717, 1.165) is 42.3 Å². The van der Waals surface area contributed by atoms with Gasteiger partial charge >= 0.3 is 0 Å². The third kappa shape index (κ3) is 2.36. The van der Waals surface area contributed by atoms with Crippen LogP contribution < -0.4 is 5.32 Å². The summed E-state index contributed by atoms with van der Waals surface area (Å²) in [6, 6.07) is 7.88. The zero-order chi connectivity index (χ0) is 14.4. The Morgan fingerprint density at radius 1 is 1.24 bits per heavy atom. The molecule has 112 valence electrons. The number of carbonyl (C=O) groups excluding carboxylic acids is 1. The van der Waals surface area contributed by atoms with Gasteiger partial charge in [-0.2, -0.15) is 0 Å². The number of hydrogen-bond donors (Lipinski definition) is 1. The summed E-state index contributed by atoms with van der Waals surface area (Å²) in [6.07, 6.45) is 7.18. The maximum atomic E-state index is 12.7. The van der Waals surface area contributed by atoms with Crippen LogP contribution >= 0.6 is 11.6 Å². The lowest BCUT2D eigenvalue weighted by molar-refractivity contribution is -0.131. The molecule has 2 saturated carbocycles. The Balaban J connectivity index is 1.54. The van der Waals surface area contributed by atoms with Crippen molar-refractivity contribution in [3.05, 3.63) is 34.9 Å². The fourth-order valence-corrected chi connectivity index (χ4v) is 3.64. The highest BCUT2D eigenvalue weighted by Gasteiger charge is 2.59. The molecule has 0 radical (unpaired) electrons. The summed E-state index contributed by atoms with van der Waals surface area (Å²) in [6.45, 7) is 0.880. The van der Waals surface area contributed by atoms with Crippen LogP contribution in [-0.4, -0.2) is 22.9 Å². The predicted molar refractivity (Wildman–Crippen MR) is 83.0 cm³/mol. The molecule has 3 nitrogen and oxygen atoms in total. The van der Waals surface area contributed by atoms with Crippen molar-refractivity contribution in [3.63, 3.8) is 0 Å². The van der Waals surface area contributed by atoms with Gasteiger partial charge in [-0.1, -0.05) is 43.0 Å². The van der Waals surface area contributed by atoms with Gasteiger partial charge in [-0.3, -0.25) is 10.1 Å². The third-order valence-electron chi connectivity index (χ3n) is 5.33. The zero-order valence-corrected chi connectivity index (χ0v) is 12.9. The van der Waals surface area contributed by atoms with E-state index in [9.17, 15) is 4.79 Å². The SMILES string of the molecule is O=C1N(CCC2CCC2)C(c2ccc(Cl)cc2)NC12CC2. The van der Waals surface area contributed by atoms with Crippen molar-refractivity contribution in [1.29, 1.82) is 0 Å². The van der Waals surface area contributed by atoms with E-state index in [-0.39, 0.29) is 11.7 Å². The van der Waals surface area contributed by atoms with Crippen molar-refractivity contribution >= 4 is 17.5 Å². The van der Waals surface area contributed by atoms with Gasteiger partial charge in [-0.25, -0.2) is 0 Å². The van der Waals surface area contributed by atoms with Crippen LogP contribution in [0.5, 0.6) is 0 Å². The molecule has 0 aromatic heterocycles. The van der Waals surface area contributed by atoms with Gasteiger partial charge in [0.05, 0.1) is 0 Å². The lowest BCUT2D eigenvalue weighted by Crippen LogP contribution is -2.34. The van der Waals surface area contributed by atoms with Crippen LogP contribution in [0.15, 0.2) is 24.3 Å². The third-order valence-corrected chi connectivity index (χ3v) is 5.59. The van der Waals surface area contributed by atoms with Gasteiger partial charge in [0.15, 0.2) is 0 Å². The first-order chi connectivity index (χ1) is 10.2. The molecule has 1 aromatic carbocycles. The molecule has 4 heteroatoms. The Labute approximate surface area is 130 Å². The molecule has 1 unspecified atom stereocenters. The Bertz CT molecular complexity index is 548. The first-order valence-electron chi connectivity index (χ1n) is 8.02. The van der Waals surface area contributed by atoms with Crippen LogP contribution in [0, 0.1) is 5.92 Å². The highest BCUT2D eigenvalue weighted by molar-refractivity contribution is 6.30. The number of nitrogens with one attached hydrogen (secondary N) is 1. The number of halogens is 1. The van der Waals surface area contributed by atoms with Gasteiger partial charge in [0.1, 0.15) is 11.7 Å². The highest BCUT2D eigenvalue weighted by Crippen LogP contribution is 2.46. The van der Waals surface area contributed by atoms with Gasteiger partial charge in [-0.15, -0.1) is 0 Å². The molecular weight excluding hydrogens is 284 g/mol. The summed E-state index contributed by atoms with van der Waals surface area (Å²) < 4.78 is 0. The first-order valence-corrected chi connectivity index (χ1v) is 8.40. The average molecular weight is 305 g/mol. The molecule has 21 heavy (non-hydrogen) atoms. The largest absolute Gasteiger partial charge is 0.321 e. The van der Waals surface area contributed by atoms with Gasteiger partial charge in [0, 0.05) is 11.6 Å². The Hall–Kier alpha value is -1.06. The number of amides is 1. The van der Waals surface area contributed by atoms with Crippen molar-refractivity contribution in [3.8, 4) is 0 Å². The molecule has 2 aliphatic carbocycles. The number of nitrogens with zero attached hydrogens (tertiary/aromatic N) is 1. The maximum absolute atomic E-state index is 12.7. The van der Waals surface area contributed by atoms with Crippen LogP contribution in [0.3, 0.4) is 0 Å². The quantitative estimate of drug-likeness (QED) is 0.923. The topological polar surface area (TPSA) is 32.3 Å². The van der Waals surface area contributed by atoms with Crippen LogP contribution in [0.25, 0.3) is 0 Å². The van der Waals surface area contributed by atoms with E-state index >= 15 is 0 Å². The molecular formula is C17H21ClN2O. The fraction of sp³-hybridized carbons (Fsp3) is 0.588. The summed E-state index contributed by atoms with van der Waals surface area (Å²) in [7, 11) is 0.